The van der Waals surface area contributed by atoms with Crippen LogP contribution in [0.3, 0.4) is 0 Å². The van der Waals surface area contributed by atoms with Gasteiger partial charge in [-0.25, -0.2) is 0 Å². The van der Waals surface area contributed by atoms with Gasteiger partial charge in [0.1, 0.15) is 5.76 Å². The van der Waals surface area contributed by atoms with Gasteiger partial charge in [-0.2, -0.15) is 0 Å². The van der Waals surface area contributed by atoms with E-state index < -0.39 is 0 Å². The third-order valence-corrected chi connectivity index (χ3v) is 4.65. The molecule has 0 N–H and O–H groups in total. The van der Waals surface area contributed by atoms with Gasteiger partial charge in [-0.3, -0.25) is 9.69 Å². The molecule has 4 heteroatoms. The zero-order chi connectivity index (χ0) is 17.2. The van der Waals surface area contributed by atoms with Gasteiger partial charge in [0.15, 0.2) is 16.8 Å². The van der Waals surface area contributed by atoms with Crippen LogP contribution < -0.4 is 10.2 Å². The topological polar surface area (TPSA) is 42.7 Å². The van der Waals surface area contributed by atoms with Crippen molar-refractivity contribution >= 4 is 11.0 Å². The Hall–Kier alpha value is -2.59. The molecule has 0 amide bonds. The Morgan fingerprint density at radius 3 is 2.76 bits per heavy atom. The standard InChI is InChI=1S/C21H21NO3/c1-2-24-19-10-6-9-16-20(23)17-14-22(12-11-18(17)25-21(16)19)13-15-7-4-3-5-8-15/h3-10H,2,11-14H2,1H3. The van der Waals surface area contributed by atoms with E-state index in [0.29, 0.717) is 29.9 Å². The number of para-hydroxylation sites is 1. The maximum Gasteiger partial charge on any atom is 0.197 e. The van der Waals surface area contributed by atoms with Gasteiger partial charge in [-0.05, 0) is 24.6 Å². The minimum absolute atomic E-state index is 0.0653. The van der Waals surface area contributed by atoms with Gasteiger partial charge in [-0.15, -0.1) is 0 Å². The Kier molecular flexibility index (Phi) is 4.28. The van der Waals surface area contributed by atoms with Crippen LogP contribution in [0.1, 0.15) is 23.8 Å². The summed E-state index contributed by atoms with van der Waals surface area (Å²) < 4.78 is 11.7. The number of rotatable bonds is 4. The number of ether oxygens (including phenoxy) is 1. The summed E-state index contributed by atoms with van der Waals surface area (Å²) in [7, 11) is 0. The van der Waals surface area contributed by atoms with E-state index in [0.717, 1.165) is 30.8 Å². The van der Waals surface area contributed by atoms with Crippen molar-refractivity contribution in [1.29, 1.82) is 0 Å². The average Bonchev–Trinajstić information content (AvgIpc) is 2.64. The highest BCUT2D eigenvalue weighted by Crippen LogP contribution is 2.28. The molecule has 1 aromatic heterocycles. The van der Waals surface area contributed by atoms with Crippen molar-refractivity contribution in [3.63, 3.8) is 0 Å². The maximum absolute atomic E-state index is 13.0. The van der Waals surface area contributed by atoms with Crippen molar-refractivity contribution in [3.8, 4) is 5.75 Å². The van der Waals surface area contributed by atoms with Crippen molar-refractivity contribution < 1.29 is 9.15 Å². The highest BCUT2D eigenvalue weighted by molar-refractivity contribution is 5.83. The van der Waals surface area contributed by atoms with Gasteiger partial charge >= 0.3 is 0 Å². The zero-order valence-corrected chi connectivity index (χ0v) is 14.3. The van der Waals surface area contributed by atoms with Gasteiger partial charge in [0, 0.05) is 26.1 Å². The number of hydrogen-bond acceptors (Lipinski definition) is 4. The molecule has 128 valence electrons. The Morgan fingerprint density at radius 1 is 1.12 bits per heavy atom. The van der Waals surface area contributed by atoms with Crippen LogP contribution in [0.2, 0.25) is 0 Å². The fourth-order valence-electron chi connectivity index (χ4n) is 3.44. The summed E-state index contributed by atoms with van der Waals surface area (Å²) in [4.78, 5) is 15.3. The molecule has 0 unspecified atom stereocenters. The van der Waals surface area contributed by atoms with Crippen LogP contribution in [-0.4, -0.2) is 18.1 Å². The predicted molar refractivity (Wildman–Crippen MR) is 97.9 cm³/mol. The fourth-order valence-corrected chi connectivity index (χ4v) is 3.44. The van der Waals surface area contributed by atoms with E-state index in [1.54, 1.807) is 0 Å². The van der Waals surface area contributed by atoms with Crippen molar-refractivity contribution in [2.24, 2.45) is 0 Å². The molecule has 3 aromatic rings. The Morgan fingerprint density at radius 2 is 1.96 bits per heavy atom. The van der Waals surface area contributed by atoms with Crippen molar-refractivity contribution in [2.45, 2.75) is 26.4 Å². The second-order valence-corrected chi connectivity index (χ2v) is 6.35. The van der Waals surface area contributed by atoms with Crippen LogP contribution in [0.25, 0.3) is 11.0 Å². The first-order chi connectivity index (χ1) is 12.3. The molecule has 0 spiro atoms. The summed E-state index contributed by atoms with van der Waals surface area (Å²) >= 11 is 0. The van der Waals surface area contributed by atoms with E-state index in [9.17, 15) is 4.79 Å². The molecule has 2 heterocycles. The molecule has 1 aliphatic heterocycles. The molecule has 0 aliphatic carbocycles. The summed E-state index contributed by atoms with van der Waals surface area (Å²) in [5, 5.41) is 0.603. The quantitative estimate of drug-likeness (QED) is 0.728. The molecule has 0 saturated carbocycles. The highest BCUT2D eigenvalue weighted by Gasteiger charge is 2.23. The molecule has 25 heavy (non-hydrogen) atoms. The Balaban J connectivity index is 1.70. The van der Waals surface area contributed by atoms with E-state index >= 15 is 0 Å². The molecule has 0 radical (unpaired) electrons. The lowest BCUT2D eigenvalue weighted by Gasteiger charge is -2.27. The molecule has 0 saturated heterocycles. The van der Waals surface area contributed by atoms with Gasteiger partial charge < -0.3 is 9.15 Å². The third-order valence-electron chi connectivity index (χ3n) is 4.65. The van der Waals surface area contributed by atoms with Crippen molar-refractivity contribution in [1.82, 2.24) is 4.90 Å². The van der Waals surface area contributed by atoms with Crippen LogP contribution >= 0.6 is 0 Å². The lowest BCUT2D eigenvalue weighted by Crippen LogP contribution is -2.33. The van der Waals surface area contributed by atoms with E-state index in [1.165, 1.54) is 5.56 Å². The predicted octanol–water partition coefficient (Wildman–Crippen LogP) is 3.75. The highest BCUT2D eigenvalue weighted by atomic mass is 16.5. The monoisotopic (exact) mass is 335 g/mol. The Labute approximate surface area is 146 Å². The summed E-state index contributed by atoms with van der Waals surface area (Å²) in [6.45, 7) is 4.83. The molecular formula is C21H21NO3. The van der Waals surface area contributed by atoms with E-state index in [-0.39, 0.29) is 5.43 Å². The van der Waals surface area contributed by atoms with Crippen LogP contribution in [0.5, 0.6) is 5.75 Å². The second kappa shape index (κ2) is 6.73. The molecule has 4 rings (SSSR count). The summed E-state index contributed by atoms with van der Waals surface area (Å²) in [6, 6.07) is 15.9. The lowest BCUT2D eigenvalue weighted by atomic mass is 10.0. The maximum atomic E-state index is 13.0. The normalized spacial score (nSPS) is 14.4. The minimum atomic E-state index is 0.0653. The molecule has 2 aromatic carbocycles. The molecule has 0 bridgehead atoms. The number of benzene rings is 2. The Bertz CT molecular complexity index is 947. The van der Waals surface area contributed by atoms with Gasteiger partial charge in [0.05, 0.1) is 17.6 Å². The van der Waals surface area contributed by atoms with Crippen LogP contribution in [0, 0.1) is 0 Å². The minimum Gasteiger partial charge on any atom is -0.490 e. The van der Waals surface area contributed by atoms with E-state index in [2.05, 4.69) is 17.0 Å². The zero-order valence-electron chi connectivity index (χ0n) is 14.3. The molecule has 0 atom stereocenters. The first-order valence-electron chi connectivity index (χ1n) is 8.73. The van der Waals surface area contributed by atoms with E-state index in [1.807, 2.05) is 43.3 Å². The first-order valence-corrected chi connectivity index (χ1v) is 8.73. The summed E-state index contributed by atoms with van der Waals surface area (Å²) in [5.74, 6) is 1.44. The summed E-state index contributed by atoms with van der Waals surface area (Å²) in [6.07, 6.45) is 0.744. The largest absolute Gasteiger partial charge is 0.490 e. The van der Waals surface area contributed by atoms with Crippen LogP contribution in [0.15, 0.2) is 57.7 Å². The van der Waals surface area contributed by atoms with Crippen LogP contribution in [-0.2, 0) is 19.5 Å². The molecular weight excluding hydrogens is 314 g/mol. The fraction of sp³-hybridized carbons (Fsp3) is 0.286. The lowest BCUT2D eigenvalue weighted by molar-refractivity contribution is 0.229. The van der Waals surface area contributed by atoms with Gasteiger partial charge in [-0.1, -0.05) is 36.4 Å². The van der Waals surface area contributed by atoms with Crippen molar-refractivity contribution in [2.75, 3.05) is 13.2 Å². The molecule has 1 aliphatic rings. The molecule has 4 nitrogen and oxygen atoms in total. The smallest absolute Gasteiger partial charge is 0.197 e. The molecule has 0 fully saturated rings. The van der Waals surface area contributed by atoms with Crippen LogP contribution in [0.4, 0.5) is 0 Å². The SMILES string of the molecule is CCOc1cccc2c(=O)c3c(oc12)CCN(Cc1ccccc1)C3. The first kappa shape index (κ1) is 15.9. The number of hydrogen-bond donors (Lipinski definition) is 0. The summed E-state index contributed by atoms with van der Waals surface area (Å²) in [5.41, 5.74) is 2.68. The van der Waals surface area contributed by atoms with Gasteiger partial charge in [0.25, 0.3) is 0 Å². The average molecular weight is 335 g/mol. The number of nitrogens with zero attached hydrogens (tertiary/aromatic N) is 1. The third kappa shape index (κ3) is 3.05. The second-order valence-electron chi connectivity index (χ2n) is 6.35. The number of fused-ring (bicyclic) bond motifs is 2. The van der Waals surface area contributed by atoms with Crippen molar-refractivity contribution in [3.05, 3.63) is 75.6 Å². The van der Waals surface area contributed by atoms with E-state index in [4.69, 9.17) is 9.15 Å². The van der Waals surface area contributed by atoms with Gasteiger partial charge in [0.2, 0.25) is 0 Å².